The number of carbonyl (C=O) groups excluding carboxylic acids is 1. The van der Waals surface area contributed by atoms with Gasteiger partial charge in [-0.1, -0.05) is 18.2 Å². The summed E-state index contributed by atoms with van der Waals surface area (Å²) in [6.45, 7) is 3.70. The van der Waals surface area contributed by atoms with Gasteiger partial charge in [0.05, 0.1) is 5.56 Å². The summed E-state index contributed by atoms with van der Waals surface area (Å²) in [6.07, 6.45) is 0. The van der Waals surface area contributed by atoms with Gasteiger partial charge in [-0.15, -0.1) is 0 Å². The second kappa shape index (κ2) is 6.58. The molecule has 0 fully saturated rings. The molecule has 0 radical (unpaired) electrons. The predicted molar refractivity (Wildman–Crippen MR) is 78.2 cm³/mol. The lowest BCUT2D eigenvalue weighted by atomic mass is 10.1. The van der Waals surface area contributed by atoms with Crippen LogP contribution in [0.15, 0.2) is 42.5 Å². The summed E-state index contributed by atoms with van der Waals surface area (Å²) in [6, 6.07) is 14.2. The van der Waals surface area contributed by atoms with Gasteiger partial charge in [0.2, 0.25) is 0 Å². The molecule has 106 valence electrons. The van der Waals surface area contributed by atoms with E-state index in [0.717, 1.165) is 11.1 Å². The third-order valence-electron chi connectivity index (χ3n) is 3.06. The summed E-state index contributed by atoms with van der Waals surface area (Å²) in [5, 5.41) is 8.93. The third kappa shape index (κ3) is 3.83. The van der Waals surface area contributed by atoms with Crippen LogP contribution in [-0.4, -0.2) is 12.6 Å². The second-order valence-electron chi connectivity index (χ2n) is 4.62. The molecule has 0 bridgehead atoms. The molecule has 21 heavy (non-hydrogen) atoms. The highest BCUT2D eigenvalue weighted by Crippen LogP contribution is 2.18. The summed E-state index contributed by atoms with van der Waals surface area (Å²) < 4.78 is 10.5. The fourth-order valence-electron chi connectivity index (χ4n) is 1.76. The average Bonchev–Trinajstić information content (AvgIpc) is 2.49. The van der Waals surface area contributed by atoms with Crippen LogP contribution in [-0.2, 0) is 4.79 Å². The van der Waals surface area contributed by atoms with E-state index in [1.165, 1.54) is 0 Å². The molecule has 2 aromatic rings. The molecule has 0 aromatic heterocycles. The van der Waals surface area contributed by atoms with E-state index in [4.69, 9.17) is 14.7 Å². The molecule has 0 heterocycles. The van der Waals surface area contributed by atoms with Crippen molar-refractivity contribution in [1.29, 1.82) is 5.26 Å². The zero-order chi connectivity index (χ0) is 15.2. The zero-order valence-corrected chi connectivity index (χ0v) is 11.9. The van der Waals surface area contributed by atoms with E-state index in [0.29, 0.717) is 17.1 Å². The van der Waals surface area contributed by atoms with E-state index in [1.54, 1.807) is 36.4 Å². The first-order valence-electron chi connectivity index (χ1n) is 6.50. The maximum absolute atomic E-state index is 11.8. The van der Waals surface area contributed by atoms with Crippen molar-refractivity contribution in [1.82, 2.24) is 0 Å². The van der Waals surface area contributed by atoms with E-state index < -0.39 is 5.97 Å². The lowest BCUT2D eigenvalue weighted by molar-refractivity contribution is -0.136. The van der Waals surface area contributed by atoms with Gasteiger partial charge >= 0.3 is 5.97 Å². The first-order chi connectivity index (χ1) is 10.1. The quantitative estimate of drug-likeness (QED) is 0.638. The monoisotopic (exact) mass is 281 g/mol. The number of carbonyl (C=O) groups is 1. The Hall–Kier alpha value is -2.80. The van der Waals surface area contributed by atoms with Gasteiger partial charge in [-0.3, -0.25) is 0 Å². The summed E-state index contributed by atoms with van der Waals surface area (Å²) in [5.74, 6) is 0.350. The number of esters is 1. The molecule has 0 atom stereocenters. The van der Waals surface area contributed by atoms with Gasteiger partial charge in [-0.05, 0) is 49.2 Å². The van der Waals surface area contributed by atoms with E-state index in [9.17, 15) is 4.79 Å². The molecular weight excluding hydrogens is 266 g/mol. The minimum Gasteiger partial charge on any atom is -0.481 e. The Kier molecular flexibility index (Phi) is 4.57. The molecule has 2 aromatic carbocycles. The van der Waals surface area contributed by atoms with Gasteiger partial charge in [-0.25, -0.2) is 4.79 Å². The SMILES string of the molecule is Cc1ccc(OC(=O)COc2ccccc2C#N)cc1C. The van der Waals surface area contributed by atoms with Gasteiger partial charge in [0, 0.05) is 0 Å². The highest BCUT2D eigenvalue weighted by atomic mass is 16.6. The number of nitriles is 1. The minimum atomic E-state index is -0.508. The van der Waals surface area contributed by atoms with Crippen molar-refractivity contribution >= 4 is 5.97 Å². The van der Waals surface area contributed by atoms with Crippen molar-refractivity contribution in [3.8, 4) is 17.6 Å². The van der Waals surface area contributed by atoms with E-state index in [2.05, 4.69) is 0 Å². The second-order valence-corrected chi connectivity index (χ2v) is 4.62. The highest BCUT2D eigenvalue weighted by molar-refractivity contribution is 5.74. The molecule has 4 heteroatoms. The normalized spacial score (nSPS) is 9.76. The Bertz CT molecular complexity index is 701. The van der Waals surface area contributed by atoms with Crippen LogP contribution in [0.25, 0.3) is 0 Å². The van der Waals surface area contributed by atoms with Crippen molar-refractivity contribution in [2.24, 2.45) is 0 Å². The number of aryl methyl sites for hydroxylation is 2. The molecule has 0 unspecified atom stereocenters. The summed E-state index contributed by atoms with van der Waals surface area (Å²) in [7, 11) is 0. The fraction of sp³-hybridized carbons (Fsp3) is 0.176. The Morgan fingerprint density at radius 2 is 1.90 bits per heavy atom. The van der Waals surface area contributed by atoms with Crippen LogP contribution in [0, 0.1) is 25.2 Å². The Morgan fingerprint density at radius 1 is 1.14 bits per heavy atom. The first kappa shape index (κ1) is 14.6. The van der Waals surface area contributed by atoms with Crippen LogP contribution >= 0.6 is 0 Å². The smallest absolute Gasteiger partial charge is 0.349 e. The molecular formula is C17H15NO3. The van der Waals surface area contributed by atoms with Crippen LogP contribution in [0.5, 0.6) is 11.5 Å². The van der Waals surface area contributed by atoms with E-state index in [-0.39, 0.29) is 6.61 Å². The lowest BCUT2D eigenvalue weighted by Gasteiger charge is -2.09. The zero-order valence-electron chi connectivity index (χ0n) is 11.9. The van der Waals surface area contributed by atoms with Gasteiger partial charge < -0.3 is 9.47 Å². The third-order valence-corrected chi connectivity index (χ3v) is 3.06. The molecule has 0 saturated carbocycles. The van der Waals surface area contributed by atoms with Crippen molar-refractivity contribution in [2.75, 3.05) is 6.61 Å². The van der Waals surface area contributed by atoms with Crippen molar-refractivity contribution in [3.05, 3.63) is 59.2 Å². The van der Waals surface area contributed by atoms with Gasteiger partial charge in [0.1, 0.15) is 17.6 Å². The average molecular weight is 281 g/mol. The highest BCUT2D eigenvalue weighted by Gasteiger charge is 2.09. The summed E-state index contributed by atoms with van der Waals surface area (Å²) >= 11 is 0. The van der Waals surface area contributed by atoms with Gasteiger partial charge in [0.15, 0.2) is 6.61 Å². The van der Waals surface area contributed by atoms with Gasteiger partial charge in [-0.2, -0.15) is 5.26 Å². The fourth-order valence-corrected chi connectivity index (χ4v) is 1.76. The van der Waals surface area contributed by atoms with Crippen molar-refractivity contribution in [3.63, 3.8) is 0 Å². The van der Waals surface area contributed by atoms with Crippen LogP contribution in [0.3, 0.4) is 0 Å². The number of nitrogens with zero attached hydrogens (tertiary/aromatic N) is 1. The molecule has 0 amide bonds. The number of hydrogen-bond acceptors (Lipinski definition) is 4. The summed E-state index contributed by atoms with van der Waals surface area (Å²) in [5.41, 5.74) is 2.57. The first-order valence-corrected chi connectivity index (χ1v) is 6.50. The molecule has 0 N–H and O–H groups in total. The maximum Gasteiger partial charge on any atom is 0.349 e. The lowest BCUT2D eigenvalue weighted by Crippen LogP contribution is -2.18. The minimum absolute atomic E-state index is 0.244. The van der Waals surface area contributed by atoms with E-state index >= 15 is 0 Å². The molecule has 0 aliphatic heterocycles. The number of benzene rings is 2. The van der Waals surface area contributed by atoms with E-state index in [1.807, 2.05) is 26.0 Å². The number of rotatable bonds is 4. The van der Waals surface area contributed by atoms with Crippen LogP contribution in [0.1, 0.15) is 16.7 Å². The molecule has 0 aliphatic carbocycles. The molecule has 2 rings (SSSR count). The predicted octanol–water partition coefficient (Wildman–Crippen LogP) is 3.16. The molecule has 4 nitrogen and oxygen atoms in total. The van der Waals surface area contributed by atoms with Crippen molar-refractivity contribution < 1.29 is 14.3 Å². The Labute approximate surface area is 123 Å². The van der Waals surface area contributed by atoms with Crippen LogP contribution in [0.2, 0.25) is 0 Å². The number of hydrogen-bond donors (Lipinski definition) is 0. The Balaban J connectivity index is 1.96. The van der Waals surface area contributed by atoms with Crippen LogP contribution in [0.4, 0.5) is 0 Å². The largest absolute Gasteiger partial charge is 0.481 e. The van der Waals surface area contributed by atoms with Crippen molar-refractivity contribution in [2.45, 2.75) is 13.8 Å². The molecule has 0 aliphatic rings. The van der Waals surface area contributed by atoms with Crippen LogP contribution < -0.4 is 9.47 Å². The molecule has 0 spiro atoms. The number of ether oxygens (including phenoxy) is 2. The number of para-hydroxylation sites is 1. The van der Waals surface area contributed by atoms with Gasteiger partial charge in [0.25, 0.3) is 0 Å². The maximum atomic E-state index is 11.8. The standard InChI is InChI=1S/C17H15NO3/c1-12-7-8-15(9-13(12)2)21-17(19)11-20-16-6-4-3-5-14(16)10-18/h3-9H,11H2,1-2H3. The molecule has 0 saturated heterocycles. The topological polar surface area (TPSA) is 59.3 Å². The Morgan fingerprint density at radius 3 is 2.62 bits per heavy atom. The summed E-state index contributed by atoms with van der Waals surface area (Å²) in [4.78, 5) is 11.8.